The van der Waals surface area contributed by atoms with Crippen LogP contribution in [0, 0.1) is 6.92 Å². The van der Waals surface area contributed by atoms with Crippen LogP contribution < -0.4 is 0 Å². The van der Waals surface area contributed by atoms with Gasteiger partial charge in [0.05, 0.1) is 0 Å². The third-order valence-corrected chi connectivity index (χ3v) is 4.12. The largest absolute Gasteiger partial charge is 0.335 e. The first-order valence-electron chi connectivity index (χ1n) is 6.64. The molecular weight excluding hydrogens is 306 g/mol. The molecule has 0 bridgehead atoms. The smallest absolute Gasteiger partial charge is 0.273 e. The Morgan fingerprint density at radius 2 is 1.95 bits per heavy atom. The summed E-state index contributed by atoms with van der Waals surface area (Å²) in [5.74, 6) is 0.0234. The lowest BCUT2D eigenvalue weighted by Gasteiger charge is -2.36. The summed E-state index contributed by atoms with van der Waals surface area (Å²) in [6.45, 7) is 9.77. The van der Waals surface area contributed by atoms with E-state index < -0.39 is 0 Å². The molecule has 1 aliphatic heterocycles. The van der Waals surface area contributed by atoms with Crippen molar-refractivity contribution in [2.75, 3.05) is 26.2 Å². The van der Waals surface area contributed by atoms with Crippen molar-refractivity contribution in [2.24, 2.45) is 0 Å². The lowest BCUT2D eigenvalue weighted by Crippen LogP contribution is -2.50. The molecule has 1 fully saturated rings. The number of carbonyl (C=O) groups is 1. The Hall–Kier alpha value is -0.940. The van der Waals surface area contributed by atoms with Gasteiger partial charge in [-0.05, 0) is 48.3 Å². The first kappa shape index (κ1) is 14.5. The minimum atomic E-state index is 0.0234. The molecule has 1 saturated heterocycles. The SMILES string of the molecule is Cc1cnc(C(=O)N2CCN(C(C)C)CC2)c(Br)c1. The zero-order valence-electron chi connectivity index (χ0n) is 11.7. The summed E-state index contributed by atoms with van der Waals surface area (Å²) in [6, 6.07) is 2.48. The molecular formula is C14H20BrN3O. The van der Waals surface area contributed by atoms with Gasteiger partial charge in [-0.2, -0.15) is 0 Å². The van der Waals surface area contributed by atoms with Gasteiger partial charge in [-0.15, -0.1) is 0 Å². The van der Waals surface area contributed by atoms with Crippen molar-refractivity contribution in [2.45, 2.75) is 26.8 Å². The minimum Gasteiger partial charge on any atom is -0.335 e. The number of hydrogen-bond acceptors (Lipinski definition) is 3. The second kappa shape index (κ2) is 6.01. The zero-order valence-corrected chi connectivity index (χ0v) is 13.3. The predicted molar refractivity (Wildman–Crippen MR) is 79.3 cm³/mol. The fraction of sp³-hybridized carbons (Fsp3) is 0.571. The summed E-state index contributed by atoms with van der Waals surface area (Å²) in [6.07, 6.45) is 1.74. The number of aryl methyl sites for hydroxylation is 1. The second-order valence-corrected chi connectivity index (χ2v) is 6.12. The maximum absolute atomic E-state index is 12.4. The topological polar surface area (TPSA) is 36.4 Å². The van der Waals surface area contributed by atoms with Crippen LogP contribution in [0.2, 0.25) is 0 Å². The molecule has 19 heavy (non-hydrogen) atoms. The number of halogens is 1. The second-order valence-electron chi connectivity index (χ2n) is 5.27. The molecule has 0 aromatic carbocycles. The number of hydrogen-bond donors (Lipinski definition) is 0. The minimum absolute atomic E-state index is 0.0234. The standard InChI is InChI=1S/C14H20BrN3O/c1-10(2)17-4-6-18(7-5-17)14(19)13-12(15)8-11(3)9-16-13/h8-10H,4-7H2,1-3H3. The Morgan fingerprint density at radius 1 is 1.32 bits per heavy atom. The Bertz CT molecular complexity index is 468. The van der Waals surface area contributed by atoms with Crippen molar-refractivity contribution in [1.82, 2.24) is 14.8 Å². The van der Waals surface area contributed by atoms with Gasteiger partial charge in [-0.3, -0.25) is 9.69 Å². The van der Waals surface area contributed by atoms with Crippen molar-refractivity contribution < 1.29 is 4.79 Å². The molecule has 1 aromatic heterocycles. The van der Waals surface area contributed by atoms with Crippen LogP contribution >= 0.6 is 15.9 Å². The van der Waals surface area contributed by atoms with Gasteiger partial charge in [-0.25, -0.2) is 4.98 Å². The zero-order chi connectivity index (χ0) is 14.0. The fourth-order valence-corrected chi connectivity index (χ4v) is 2.92. The van der Waals surface area contributed by atoms with Gasteiger partial charge in [0.2, 0.25) is 0 Å². The molecule has 5 heteroatoms. The normalized spacial score (nSPS) is 17.0. The van der Waals surface area contributed by atoms with E-state index in [9.17, 15) is 4.79 Å². The summed E-state index contributed by atoms with van der Waals surface area (Å²) >= 11 is 3.43. The Labute approximate surface area is 122 Å². The Kier molecular flexibility index (Phi) is 4.58. The van der Waals surface area contributed by atoms with E-state index in [1.165, 1.54) is 0 Å². The summed E-state index contributed by atoms with van der Waals surface area (Å²) in [5.41, 5.74) is 1.57. The molecule has 0 unspecified atom stereocenters. The van der Waals surface area contributed by atoms with Crippen LogP contribution in [-0.4, -0.2) is 52.9 Å². The summed E-state index contributed by atoms with van der Waals surface area (Å²) in [5, 5.41) is 0. The monoisotopic (exact) mass is 325 g/mol. The molecule has 1 aliphatic rings. The van der Waals surface area contributed by atoms with Gasteiger partial charge in [0.15, 0.2) is 0 Å². The summed E-state index contributed by atoms with van der Waals surface area (Å²) in [7, 11) is 0. The highest BCUT2D eigenvalue weighted by molar-refractivity contribution is 9.10. The molecule has 4 nitrogen and oxygen atoms in total. The van der Waals surface area contributed by atoms with Crippen LogP contribution in [0.4, 0.5) is 0 Å². The first-order chi connectivity index (χ1) is 8.99. The average Bonchev–Trinajstić information content (AvgIpc) is 2.38. The Morgan fingerprint density at radius 3 is 2.47 bits per heavy atom. The quantitative estimate of drug-likeness (QED) is 0.837. The van der Waals surface area contributed by atoms with E-state index in [-0.39, 0.29) is 5.91 Å². The maximum Gasteiger partial charge on any atom is 0.273 e. The molecule has 1 amide bonds. The maximum atomic E-state index is 12.4. The van der Waals surface area contributed by atoms with E-state index in [0.717, 1.165) is 36.2 Å². The molecule has 1 aromatic rings. The van der Waals surface area contributed by atoms with E-state index in [2.05, 4.69) is 39.7 Å². The van der Waals surface area contributed by atoms with Crippen molar-refractivity contribution >= 4 is 21.8 Å². The molecule has 0 aliphatic carbocycles. The van der Waals surface area contributed by atoms with Crippen LogP contribution in [0.5, 0.6) is 0 Å². The average molecular weight is 326 g/mol. The van der Waals surface area contributed by atoms with E-state index in [1.54, 1.807) is 6.20 Å². The van der Waals surface area contributed by atoms with Gasteiger partial charge in [0.1, 0.15) is 5.69 Å². The number of pyridine rings is 1. The molecule has 0 spiro atoms. The highest BCUT2D eigenvalue weighted by Gasteiger charge is 2.25. The number of carbonyl (C=O) groups excluding carboxylic acids is 1. The number of piperazine rings is 1. The third-order valence-electron chi connectivity index (χ3n) is 3.51. The van der Waals surface area contributed by atoms with Gasteiger partial charge < -0.3 is 4.90 Å². The van der Waals surface area contributed by atoms with Crippen LogP contribution in [0.3, 0.4) is 0 Å². The van der Waals surface area contributed by atoms with E-state index >= 15 is 0 Å². The van der Waals surface area contributed by atoms with Crippen molar-refractivity contribution in [1.29, 1.82) is 0 Å². The first-order valence-corrected chi connectivity index (χ1v) is 7.44. The predicted octanol–water partition coefficient (Wildman–Crippen LogP) is 2.32. The van der Waals surface area contributed by atoms with Crippen LogP contribution in [-0.2, 0) is 0 Å². The number of aromatic nitrogens is 1. The van der Waals surface area contributed by atoms with E-state index in [4.69, 9.17) is 0 Å². The third kappa shape index (κ3) is 3.34. The number of rotatable bonds is 2. The molecule has 104 valence electrons. The van der Waals surface area contributed by atoms with Gasteiger partial charge in [0, 0.05) is 42.9 Å². The van der Waals surface area contributed by atoms with Crippen LogP contribution in [0.1, 0.15) is 29.9 Å². The lowest BCUT2D eigenvalue weighted by molar-refractivity contribution is 0.0589. The van der Waals surface area contributed by atoms with Crippen LogP contribution in [0.25, 0.3) is 0 Å². The summed E-state index contributed by atoms with van der Waals surface area (Å²) in [4.78, 5) is 21.0. The van der Waals surface area contributed by atoms with Crippen molar-refractivity contribution in [3.63, 3.8) is 0 Å². The molecule has 0 atom stereocenters. The van der Waals surface area contributed by atoms with E-state index in [1.807, 2.05) is 17.9 Å². The fourth-order valence-electron chi connectivity index (χ4n) is 2.28. The highest BCUT2D eigenvalue weighted by Crippen LogP contribution is 2.18. The highest BCUT2D eigenvalue weighted by atomic mass is 79.9. The number of amides is 1. The van der Waals surface area contributed by atoms with Crippen molar-refractivity contribution in [3.8, 4) is 0 Å². The molecule has 2 rings (SSSR count). The Balaban J connectivity index is 2.05. The van der Waals surface area contributed by atoms with Crippen LogP contribution in [0.15, 0.2) is 16.7 Å². The molecule has 0 radical (unpaired) electrons. The van der Waals surface area contributed by atoms with E-state index in [0.29, 0.717) is 11.7 Å². The van der Waals surface area contributed by atoms with Crippen molar-refractivity contribution in [3.05, 3.63) is 28.0 Å². The number of nitrogens with zero attached hydrogens (tertiary/aromatic N) is 3. The van der Waals surface area contributed by atoms with Gasteiger partial charge in [0.25, 0.3) is 5.91 Å². The van der Waals surface area contributed by atoms with Gasteiger partial charge >= 0.3 is 0 Å². The molecule has 0 saturated carbocycles. The summed E-state index contributed by atoms with van der Waals surface area (Å²) < 4.78 is 0.781. The lowest BCUT2D eigenvalue weighted by atomic mass is 10.2. The van der Waals surface area contributed by atoms with Gasteiger partial charge in [-0.1, -0.05) is 0 Å². The molecule has 2 heterocycles. The molecule has 0 N–H and O–H groups in total.